The van der Waals surface area contributed by atoms with Gasteiger partial charge in [0.15, 0.2) is 0 Å². The van der Waals surface area contributed by atoms with E-state index in [0.29, 0.717) is 5.56 Å². The summed E-state index contributed by atoms with van der Waals surface area (Å²) in [6.07, 6.45) is 0. The second-order valence-electron chi connectivity index (χ2n) is 3.88. The van der Waals surface area contributed by atoms with Crippen LogP contribution in [-0.4, -0.2) is 7.05 Å². The summed E-state index contributed by atoms with van der Waals surface area (Å²) in [5.41, 5.74) is 7.04. The van der Waals surface area contributed by atoms with Gasteiger partial charge in [-0.1, -0.05) is 12.1 Å². The van der Waals surface area contributed by atoms with E-state index in [2.05, 4.69) is 6.07 Å². The summed E-state index contributed by atoms with van der Waals surface area (Å²) in [4.78, 5) is 3.27. The summed E-state index contributed by atoms with van der Waals surface area (Å²) in [5, 5.41) is 2.04. The Labute approximate surface area is 104 Å². The molecule has 1 aromatic heterocycles. The lowest BCUT2D eigenvalue weighted by Crippen LogP contribution is -2.19. The molecule has 0 radical (unpaired) electrons. The number of nitrogens with zero attached hydrogens (tertiary/aromatic N) is 1. The van der Waals surface area contributed by atoms with E-state index in [1.165, 1.54) is 10.9 Å². The number of hydrogen-bond donors (Lipinski definition) is 1. The van der Waals surface area contributed by atoms with Crippen molar-refractivity contribution in [2.45, 2.75) is 13.1 Å². The Morgan fingerprint density at radius 3 is 2.76 bits per heavy atom. The average molecular weight is 250 g/mol. The molecule has 17 heavy (non-hydrogen) atoms. The Kier molecular flexibility index (Phi) is 3.76. The molecule has 0 spiro atoms. The largest absolute Gasteiger partial charge is 0.369 e. The zero-order valence-electron chi connectivity index (χ0n) is 9.69. The number of thiophene rings is 1. The van der Waals surface area contributed by atoms with E-state index in [1.54, 1.807) is 17.4 Å². The Morgan fingerprint density at radius 1 is 1.29 bits per heavy atom. The molecule has 0 aliphatic rings. The fourth-order valence-corrected chi connectivity index (χ4v) is 2.59. The minimum absolute atomic E-state index is 0.219. The highest BCUT2D eigenvalue weighted by molar-refractivity contribution is 7.09. The molecule has 1 heterocycles. The fraction of sp³-hybridized carbons (Fsp3) is 0.231. The summed E-state index contributed by atoms with van der Waals surface area (Å²) < 4.78 is 13.6. The van der Waals surface area contributed by atoms with Crippen LogP contribution in [-0.2, 0) is 13.1 Å². The van der Waals surface area contributed by atoms with Crippen LogP contribution in [0.3, 0.4) is 0 Å². The monoisotopic (exact) mass is 250 g/mol. The molecule has 0 fully saturated rings. The standard InChI is InChI=1S/C13H15FN2S/c1-16(9-10-4-3-7-17-10)13-6-2-5-12(14)11(13)8-15/h2-7H,8-9,15H2,1H3. The van der Waals surface area contributed by atoms with Crippen LogP contribution in [0.4, 0.5) is 10.1 Å². The van der Waals surface area contributed by atoms with E-state index in [0.717, 1.165) is 12.2 Å². The number of halogens is 1. The lowest BCUT2D eigenvalue weighted by atomic mass is 10.1. The molecule has 0 atom stereocenters. The van der Waals surface area contributed by atoms with Gasteiger partial charge in [0.25, 0.3) is 0 Å². The highest BCUT2D eigenvalue weighted by atomic mass is 32.1. The van der Waals surface area contributed by atoms with Crippen molar-refractivity contribution >= 4 is 17.0 Å². The molecule has 0 saturated carbocycles. The molecular weight excluding hydrogens is 235 g/mol. The SMILES string of the molecule is CN(Cc1cccs1)c1cccc(F)c1CN. The van der Waals surface area contributed by atoms with Crippen molar-refractivity contribution in [2.75, 3.05) is 11.9 Å². The molecule has 2 aromatic rings. The molecule has 0 saturated heterocycles. The van der Waals surface area contributed by atoms with Crippen molar-refractivity contribution in [1.29, 1.82) is 0 Å². The van der Waals surface area contributed by atoms with Crippen LogP contribution in [0.15, 0.2) is 35.7 Å². The molecule has 4 heteroatoms. The zero-order valence-corrected chi connectivity index (χ0v) is 10.5. The van der Waals surface area contributed by atoms with Gasteiger partial charge >= 0.3 is 0 Å². The summed E-state index contributed by atoms with van der Waals surface area (Å²) >= 11 is 1.70. The van der Waals surface area contributed by atoms with E-state index in [-0.39, 0.29) is 12.4 Å². The summed E-state index contributed by atoms with van der Waals surface area (Å²) in [7, 11) is 1.95. The first-order valence-electron chi connectivity index (χ1n) is 5.43. The van der Waals surface area contributed by atoms with Crippen LogP contribution < -0.4 is 10.6 Å². The maximum atomic E-state index is 13.6. The van der Waals surface area contributed by atoms with Gasteiger partial charge in [-0.15, -0.1) is 11.3 Å². The maximum Gasteiger partial charge on any atom is 0.129 e. The quantitative estimate of drug-likeness (QED) is 0.904. The van der Waals surface area contributed by atoms with E-state index >= 15 is 0 Å². The van der Waals surface area contributed by atoms with Crippen molar-refractivity contribution in [2.24, 2.45) is 5.73 Å². The van der Waals surface area contributed by atoms with Crippen LogP contribution >= 0.6 is 11.3 Å². The third-order valence-electron chi connectivity index (χ3n) is 2.68. The van der Waals surface area contributed by atoms with Crippen LogP contribution in [0, 0.1) is 5.82 Å². The molecule has 0 unspecified atom stereocenters. The van der Waals surface area contributed by atoms with Gasteiger partial charge in [0.2, 0.25) is 0 Å². The molecule has 90 valence electrons. The van der Waals surface area contributed by atoms with Gasteiger partial charge in [-0.2, -0.15) is 0 Å². The normalized spacial score (nSPS) is 10.5. The van der Waals surface area contributed by atoms with Gasteiger partial charge in [-0.3, -0.25) is 0 Å². The molecule has 0 aliphatic heterocycles. The molecule has 2 N–H and O–H groups in total. The molecule has 2 nitrogen and oxygen atoms in total. The van der Waals surface area contributed by atoms with Gasteiger partial charge in [0.05, 0.1) is 6.54 Å². The van der Waals surface area contributed by atoms with Crippen LogP contribution in [0.5, 0.6) is 0 Å². The molecule has 0 amide bonds. The lowest BCUT2D eigenvalue weighted by Gasteiger charge is -2.21. The van der Waals surface area contributed by atoms with Gasteiger partial charge in [0, 0.05) is 29.7 Å². The molecule has 2 rings (SSSR count). The highest BCUT2D eigenvalue weighted by Gasteiger charge is 2.11. The number of rotatable bonds is 4. The first-order chi connectivity index (χ1) is 8.22. The average Bonchev–Trinajstić information content (AvgIpc) is 2.81. The predicted molar refractivity (Wildman–Crippen MR) is 70.7 cm³/mol. The Bertz CT molecular complexity index is 482. The Morgan fingerprint density at radius 2 is 2.12 bits per heavy atom. The minimum Gasteiger partial charge on any atom is -0.369 e. The maximum absolute atomic E-state index is 13.6. The third-order valence-corrected chi connectivity index (χ3v) is 3.54. The first-order valence-corrected chi connectivity index (χ1v) is 6.31. The zero-order chi connectivity index (χ0) is 12.3. The van der Waals surface area contributed by atoms with Crippen molar-refractivity contribution in [1.82, 2.24) is 0 Å². The summed E-state index contributed by atoms with van der Waals surface area (Å²) in [6.45, 7) is 0.991. The summed E-state index contributed by atoms with van der Waals surface area (Å²) in [6, 6.07) is 9.16. The van der Waals surface area contributed by atoms with E-state index in [4.69, 9.17) is 5.73 Å². The number of hydrogen-bond acceptors (Lipinski definition) is 3. The van der Waals surface area contributed by atoms with Gasteiger partial charge in [-0.05, 0) is 23.6 Å². The Hall–Kier alpha value is -1.39. The number of benzene rings is 1. The van der Waals surface area contributed by atoms with Gasteiger partial charge in [-0.25, -0.2) is 4.39 Å². The second-order valence-corrected chi connectivity index (χ2v) is 4.91. The van der Waals surface area contributed by atoms with Crippen molar-refractivity contribution < 1.29 is 4.39 Å². The molecular formula is C13H15FN2S. The second kappa shape index (κ2) is 5.29. The molecule has 0 aliphatic carbocycles. The van der Waals surface area contributed by atoms with Crippen molar-refractivity contribution in [3.63, 3.8) is 0 Å². The van der Waals surface area contributed by atoms with Crippen LogP contribution in [0.1, 0.15) is 10.4 Å². The van der Waals surface area contributed by atoms with E-state index in [1.807, 2.05) is 29.5 Å². The molecule has 1 aromatic carbocycles. The van der Waals surface area contributed by atoms with E-state index < -0.39 is 0 Å². The first kappa shape index (κ1) is 12.1. The van der Waals surface area contributed by atoms with Crippen LogP contribution in [0.2, 0.25) is 0 Å². The topological polar surface area (TPSA) is 29.3 Å². The minimum atomic E-state index is -0.233. The number of nitrogens with two attached hydrogens (primary N) is 1. The van der Waals surface area contributed by atoms with E-state index in [9.17, 15) is 4.39 Å². The number of anilines is 1. The van der Waals surface area contributed by atoms with Crippen molar-refractivity contribution in [3.05, 3.63) is 52.0 Å². The molecule has 0 bridgehead atoms. The third kappa shape index (κ3) is 2.65. The van der Waals surface area contributed by atoms with Crippen LogP contribution in [0.25, 0.3) is 0 Å². The fourth-order valence-electron chi connectivity index (χ4n) is 1.83. The predicted octanol–water partition coefficient (Wildman–Crippen LogP) is 2.98. The highest BCUT2D eigenvalue weighted by Crippen LogP contribution is 2.24. The Balaban J connectivity index is 2.24. The van der Waals surface area contributed by atoms with Crippen molar-refractivity contribution in [3.8, 4) is 0 Å². The smallest absolute Gasteiger partial charge is 0.129 e. The van der Waals surface area contributed by atoms with Gasteiger partial charge < -0.3 is 10.6 Å². The van der Waals surface area contributed by atoms with Gasteiger partial charge in [0.1, 0.15) is 5.82 Å². The lowest BCUT2D eigenvalue weighted by molar-refractivity contribution is 0.609. The summed E-state index contributed by atoms with van der Waals surface area (Å²) in [5.74, 6) is -0.233.